The van der Waals surface area contributed by atoms with Gasteiger partial charge in [-0.2, -0.15) is 0 Å². The first kappa shape index (κ1) is 16.2. The number of anilines is 2. The summed E-state index contributed by atoms with van der Waals surface area (Å²) in [6.45, 7) is 0. The van der Waals surface area contributed by atoms with Crippen LogP contribution >= 0.6 is 11.3 Å². The summed E-state index contributed by atoms with van der Waals surface area (Å²) in [5.41, 5.74) is 1.42. The zero-order chi connectivity index (χ0) is 18.4. The number of para-hydroxylation sites is 2. The first-order valence-corrected chi connectivity index (χ1v) is 9.61. The predicted octanol–water partition coefficient (Wildman–Crippen LogP) is 3.80. The van der Waals surface area contributed by atoms with E-state index in [1.54, 1.807) is 28.5 Å². The summed E-state index contributed by atoms with van der Waals surface area (Å²) in [6.07, 6.45) is -0.815. The van der Waals surface area contributed by atoms with E-state index in [1.165, 1.54) is 4.90 Å². The van der Waals surface area contributed by atoms with Crippen molar-refractivity contribution in [2.75, 3.05) is 9.96 Å². The lowest BCUT2D eigenvalue weighted by molar-refractivity contribution is -0.126. The zero-order valence-electron chi connectivity index (χ0n) is 14.3. The first-order valence-electron chi connectivity index (χ1n) is 8.73. The zero-order valence-corrected chi connectivity index (χ0v) is 15.1. The molecule has 2 aliphatic rings. The molecule has 0 N–H and O–H groups in total. The van der Waals surface area contributed by atoms with Crippen LogP contribution in [0.3, 0.4) is 0 Å². The third kappa shape index (κ3) is 2.49. The predicted molar refractivity (Wildman–Crippen MR) is 103 cm³/mol. The fourth-order valence-electron chi connectivity index (χ4n) is 3.79. The van der Waals surface area contributed by atoms with Gasteiger partial charge in [0.1, 0.15) is 12.0 Å². The van der Waals surface area contributed by atoms with Crippen LogP contribution < -0.4 is 9.96 Å². The normalized spacial score (nSPS) is 24.5. The topological polar surface area (TPSA) is 49.9 Å². The third-order valence-corrected chi connectivity index (χ3v) is 5.92. The molecule has 0 saturated carbocycles. The van der Waals surface area contributed by atoms with Crippen LogP contribution in [0.5, 0.6) is 0 Å². The molecule has 0 radical (unpaired) electrons. The Morgan fingerprint density at radius 2 is 1.44 bits per heavy atom. The number of carbonyl (C=O) groups excluding carboxylic acids is 2. The van der Waals surface area contributed by atoms with Crippen molar-refractivity contribution in [3.05, 3.63) is 83.1 Å². The van der Waals surface area contributed by atoms with Gasteiger partial charge in [-0.1, -0.05) is 42.5 Å². The lowest BCUT2D eigenvalue weighted by Crippen LogP contribution is -2.37. The second kappa shape index (κ2) is 6.33. The van der Waals surface area contributed by atoms with Gasteiger partial charge in [-0.05, 0) is 35.7 Å². The monoisotopic (exact) mass is 376 g/mol. The molecule has 2 aromatic carbocycles. The first-order chi connectivity index (χ1) is 13.3. The van der Waals surface area contributed by atoms with E-state index in [2.05, 4.69) is 0 Å². The van der Waals surface area contributed by atoms with Crippen molar-refractivity contribution in [3.8, 4) is 0 Å². The maximum atomic E-state index is 13.3. The van der Waals surface area contributed by atoms with Crippen LogP contribution in [0.25, 0.3) is 0 Å². The van der Waals surface area contributed by atoms with E-state index in [0.717, 1.165) is 10.6 Å². The van der Waals surface area contributed by atoms with Gasteiger partial charge in [-0.15, -0.1) is 11.3 Å². The average molecular weight is 376 g/mol. The Morgan fingerprint density at radius 3 is 2.07 bits per heavy atom. The highest BCUT2D eigenvalue weighted by Crippen LogP contribution is 2.48. The van der Waals surface area contributed by atoms with Crippen LogP contribution in [-0.2, 0) is 14.4 Å². The second-order valence-electron chi connectivity index (χ2n) is 6.52. The van der Waals surface area contributed by atoms with Crippen molar-refractivity contribution in [2.24, 2.45) is 5.92 Å². The van der Waals surface area contributed by atoms with Gasteiger partial charge in [-0.25, -0.2) is 9.96 Å². The van der Waals surface area contributed by atoms with Gasteiger partial charge in [0.05, 0.1) is 11.4 Å². The molecule has 6 heteroatoms. The summed E-state index contributed by atoms with van der Waals surface area (Å²) >= 11 is 1.56. The molecule has 27 heavy (non-hydrogen) atoms. The molecule has 3 aromatic rings. The Kier molecular flexibility index (Phi) is 3.81. The average Bonchev–Trinajstić information content (AvgIpc) is 3.41. The van der Waals surface area contributed by atoms with E-state index >= 15 is 0 Å². The summed E-state index contributed by atoms with van der Waals surface area (Å²) < 4.78 is 0. The van der Waals surface area contributed by atoms with Crippen LogP contribution in [0.15, 0.2) is 78.2 Å². The highest BCUT2D eigenvalue weighted by Gasteiger charge is 2.60. The van der Waals surface area contributed by atoms with Crippen molar-refractivity contribution in [1.29, 1.82) is 0 Å². The largest absolute Gasteiger partial charge is 0.273 e. The number of amides is 2. The quantitative estimate of drug-likeness (QED) is 0.653. The van der Waals surface area contributed by atoms with Gasteiger partial charge < -0.3 is 0 Å². The van der Waals surface area contributed by atoms with Crippen LogP contribution in [0.1, 0.15) is 10.9 Å². The molecule has 5 nitrogen and oxygen atoms in total. The lowest BCUT2D eigenvalue weighted by atomic mass is 9.95. The molecule has 0 bridgehead atoms. The highest BCUT2D eigenvalue weighted by molar-refractivity contribution is 7.10. The Bertz CT molecular complexity index is 975. The summed E-state index contributed by atoms with van der Waals surface area (Å²) in [4.78, 5) is 34.7. The molecule has 2 saturated heterocycles. The molecule has 5 rings (SSSR count). The van der Waals surface area contributed by atoms with E-state index in [4.69, 9.17) is 4.84 Å². The number of nitrogens with zero attached hydrogens (tertiary/aromatic N) is 2. The molecular weight excluding hydrogens is 360 g/mol. The SMILES string of the molecule is O=C1C2ON(c3ccccc3)C(c3cccs3)C2C(=O)N1c1ccccc1. The molecule has 3 atom stereocenters. The number of carbonyl (C=O) groups is 2. The van der Waals surface area contributed by atoms with E-state index in [9.17, 15) is 9.59 Å². The van der Waals surface area contributed by atoms with Crippen LogP contribution in [0, 0.1) is 5.92 Å². The molecule has 0 spiro atoms. The van der Waals surface area contributed by atoms with Crippen LogP contribution in [0.4, 0.5) is 11.4 Å². The van der Waals surface area contributed by atoms with Crippen molar-refractivity contribution in [3.63, 3.8) is 0 Å². The van der Waals surface area contributed by atoms with E-state index < -0.39 is 12.0 Å². The summed E-state index contributed by atoms with van der Waals surface area (Å²) in [5.74, 6) is -1.10. The number of imide groups is 1. The minimum absolute atomic E-state index is 0.215. The number of benzene rings is 2. The summed E-state index contributed by atoms with van der Waals surface area (Å²) in [7, 11) is 0. The number of hydrogen-bond acceptors (Lipinski definition) is 5. The number of hydroxylamine groups is 1. The van der Waals surface area contributed by atoms with Gasteiger partial charge in [0.15, 0.2) is 6.10 Å². The smallest absolute Gasteiger partial charge is 0.266 e. The molecule has 2 fully saturated rings. The Morgan fingerprint density at radius 1 is 0.778 bits per heavy atom. The van der Waals surface area contributed by atoms with Gasteiger partial charge in [-0.3, -0.25) is 14.4 Å². The van der Waals surface area contributed by atoms with Gasteiger partial charge in [0.2, 0.25) is 5.91 Å². The molecule has 1 aromatic heterocycles. The van der Waals surface area contributed by atoms with E-state index in [-0.39, 0.29) is 17.9 Å². The van der Waals surface area contributed by atoms with Crippen LogP contribution in [0.2, 0.25) is 0 Å². The lowest BCUT2D eigenvalue weighted by Gasteiger charge is -2.27. The van der Waals surface area contributed by atoms with E-state index in [0.29, 0.717) is 5.69 Å². The number of fused-ring (bicyclic) bond motifs is 1. The van der Waals surface area contributed by atoms with Crippen molar-refractivity contribution >= 4 is 34.5 Å². The van der Waals surface area contributed by atoms with Gasteiger partial charge in [0.25, 0.3) is 5.91 Å². The fourth-order valence-corrected chi connectivity index (χ4v) is 4.65. The second-order valence-corrected chi connectivity index (χ2v) is 7.50. The van der Waals surface area contributed by atoms with Crippen LogP contribution in [-0.4, -0.2) is 17.9 Å². The number of hydrogen-bond donors (Lipinski definition) is 0. The minimum atomic E-state index is -0.815. The Hall–Kier alpha value is -2.96. The summed E-state index contributed by atoms with van der Waals surface area (Å²) in [6, 6.07) is 22.2. The molecular formula is C21H16N2O3S. The molecule has 3 unspecified atom stereocenters. The fraction of sp³-hybridized carbons (Fsp3) is 0.143. The molecule has 134 valence electrons. The molecule has 2 amide bonds. The number of thiophene rings is 1. The van der Waals surface area contributed by atoms with Crippen molar-refractivity contribution in [2.45, 2.75) is 12.1 Å². The third-order valence-electron chi connectivity index (χ3n) is 4.98. The van der Waals surface area contributed by atoms with Gasteiger partial charge in [0, 0.05) is 4.88 Å². The van der Waals surface area contributed by atoms with E-state index in [1.807, 2.05) is 66.0 Å². The molecule has 0 aliphatic carbocycles. The standard InChI is InChI=1S/C21H16N2O3S/c24-20-17-18(16-12-7-13-27-16)23(15-10-5-2-6-11-15)26-19(17)21(25)22(20)14-8-3-1-4-9-14/h1-13,17-19H. The highest BCUT2D eigenvalue weighted by atomic mass is 32.1. The molecule has 3 heterocycles. The maximum absolute atomic E-state index is 13.3. The van der Waals surface area contributed by atoms with Crippen molar-refractivity contribution in [1.82, 2.24) is 0 Å². The van der Waals surface area contributed by atoms with Gasteiger partial charge >= 0.3 is 0 Å². The molecule has 2 aliphatic heterocycles. The Balaban J connectivity index is 1.58. The Labute approximate surface area is 160 Å². The maximum Gasteiger partial charge on any atom is 0.266 e. The number of rotatable bonds is 3. The van der Waals surface area contributed by atoms with Crippen molar-refractivity contribution < 1.29 is 14.4 Å². The minimum Gasteiger partial charge on any atom is -0.273 e. The summed E-state index contributed by atoms with van der Waals surface area (Å²) in [5, 5.41) is 3.70.